The van der Waals surface area contributed by atoms with Crippen LogP contribution in [0.3, 0.4) is 0 Å². The molecular weight excluding hydrogens is 396 g/mol. The number of fused-ring (bicyclic) bond motifs is 5. The Labute approximate surface area is 184 Å². The Morgan fingerprint density at radius 2 is 1.71 bits per heavy atom. The zero-order valence-electron chi connectivity index (χ0n) is 19.5. The molecule has 0 radical (unpaired) electrons. The van der Waals surface area contributed by atoms with Gasteiger partial charge in [0.2, 0.25) is 5.91 Å². The molecule has 2 saturated carbocycles. The predicted molar refractivity (Wildman–Crippen MR) is 115 cm³/mol. The predicted octanol–water partition coefficient (Wildman–Crippen LogP) is 3.14. The highest BCUT2D eigenvalue weighted by Gasteiger charge is 2.60. The van der Waals surface area contributed by atoms with Gasteiger partial charge in [0.05, 0.1) is 7.11 Å². The summed E-state index contributed by atoms with van der Waals surface area (Å²) in [5.41, 5.74) is -1.10. The number of esters is 1. The van der Waals surface area contributed by atoms with Crippen molar-refractivity contribution in [3.05, 3.63) is 12.2 Å². The summed E-state index contributed by atoms with van der Waals surface area (Å²) in [6, 6.07) is -1.35. The highest BCUT2D eigenvalue weighted by molar-refractivity contribution is 5.91. The maximum Gasteiger partial charge on any atom is 0.408 e. The van der Waals surface area contributed by atoms with Crippen molar-refractivity contribution in [1.29, 1.82) is 0 Å². The summed E-state index contributed by atoms with van der Waals surface area (Å²) in [6.07, 6.45) is 6.95. The molecule has 6 atom stereocenters. The second kappa shape index (κ2) is 7.52. The number of methoxy groups -OCH3 is 1. The van der Waals surface area contributed by atoms with E-state index in [0.29, 0.717) is 24.3 Å². The zero-order chi connectivity index (χ0) is 22.7. The molecule has 2 amide bonds. The first-order valence-electron chi connectivity index (χ1n) is 11.5. The Morgan fingerprint density at radius 3 is 2.29 bits per heavy atom. The third kappa shape index (κ3) is 3.96. The average Bonchev–Trinajstić information content (AvgIpc) is 3.18. The van der Waals surface area contributed by atoms with Crippen LogP contribution in [-0.2, 0) is 19.1 Å². The van der Waals surface area contributed by atoms with Crippen molar-refractivity contribution in [3.63, 3.8) is 0 Å². The lowest BCUT2D eigenvalue weighted by atomic mass is 9.78. The molecule has 2 bridgehead atoms. The van der Waals surface area contributed by atoms with Gasteiger partial charge in [-0.2, -0.15) is 0 Å². The smallest absolute Gasteiger partial charge is 0.408 e. The van der Waals surface area contributed by atoms with Gasteiger partial charge in [0, 0.05) is 12.5 Å². The first-order chi connectivity index (χ1) is 14.4. The van der Waals surface area contributed by atoms with E-state index in [1.165, 1.54) is 7.11 Å². The Morgan fingerprint density at radius 1 is 1.06 bits per heavy atom. The summed E-state index contributed by atoms with van der Waals surface area (Å²) in [5, 5.41) is 2.87. The van der Waals surface area contributed by atoms with Crippen molar-refractivity contribution in [2.24, 2.45) is 35.0 Å². The normalized spacial score (nSPS) is 32.6. The van der Waals surface area contributed by atoms with Crippen LogP contribution in [0.25, 0.3) is 0 Å². The third-order valence-electron chi connectivity index (χ3n) is 7.80. The minimum atomic E-state index is -0.758. The number of ether oxygens (including phenoxy) is 2. The van der Waals surface area contributed by atoms with Crippen molar-refractivity contribution in [3.8, 4) is 0 Å². The number of rotatable bonds is 5. The van der Waals surface area contributed by atoms with Crippen LogP contribution in [0.1, 0.15) is 53.9 Å². The van der Waals surface area contributed by atoms with Crippen molar-refractivity contribution in [2.45, 2.75) is 71.6 Å². The molecule has 0 aromatic heterocycles. The van der Waals surface area contributed by atoms with E-state index in [9.17, 15) is 14.4 Å². The fourth-order valence-electron chi connectivity index (χ4n) is 6.09. The molecule has 172 valence electrons. The number of amides is 2. The minimum absolute atomic E-state index is 0.0950. The van der Waals surface area contributed by atoms with E-state index in [4.69, 9.17) is 9.47 Å². The average molecular weight is 433 g/mol. The van der Waals surface area contributed by atoms with Gasteiger partial charge in [-0.15, -0.1) is 0 Å². The molecular formula is C24H36N2O5. The standard InChI is InChI=1S/C24H36N2O5/c1-23(2,3)31-22(29)25-19(24(4,5)15-9-10-15)20(27)26-12-16-13-7-8-14(11-13)17(16)18(26)21(28)30-6/h7-8,13-19H,9-12H2,1-6H3,(H,25,29)/t13-,14+,16-,17+,18+,19-/m1/s1. The van der Waals surface area contributed by atoms with Gasteiger partial charge in [0.15, 0.2) is 0 Å². The van der Waals surface area contributed by atoms with E-state index in [1.54, 1.807) is 25.7 Å². The fraction of sp³-hybridized carbons (Fsp3) is 0.792. The van der Waals surface area contributed by atoms with Gasteiger partial charge < -0.3 is 19.7 Å². The molecule has 1 heterocycles. The summed E-state index contributed by atoms with van der Waals surface area (Å²) >= 11 is 0. The lowest BCUT2D eigenvalue weighted by Gasteiger charge is -2.38. The molecule has 7 nitrogen and oxygen atoms in total. The number of carbonyl (C=O) groups is 3. The molecule has 3 aliphatic carbocycles. The van der Waals surface area contributed by atoms with Crippen LogP contribution in [0.2, 0.25) is 0 Å². The molecule has 0 unspecified atom stereocenters. The summed E-state index contributed by atoms with van der Waals surface area (Å²) in [7, 11) is 1.38. The summed E-state index contributed by atoms with van der Waals surface area (Å²) in [5.74, 6) is 0.882. The molecule has 4 aliphatic rings. The van der Waals surface area contributed by atoms with Crippen LogP contribution >= 0.6 is 0 Å². The first-order valence-corrected chi connectivity index (χ1v) is 11.5. The van der Waals surface area contributed by atoms with Crippen LogP contribution < -0.4 is 5.32 Å². The summed E-state index contributed by atoms with van der Waals surface area (Å²) in [4.78, 5) is 41.1. The van der Waals surface area contributed by atoms with Gasteiger partial charge in [0.1, 0.15) is 17.7 Å². The Hall–Kier alpha value is -2.05. The number of hydrogen-bond acceptors (Lipinski definition) is 5. The van der Waals surface area contributed by atoms with Crippen molar-refractivity contribution >= 4 is 18.0 Å². The van der Waals surface area contributed by atoms with Gasteiger partial charge in [-0.1, -0.05) is 26.0 Å². The largest absolute Gasteiger partial charge is 0.467 e. The van der Waals surface area contributed by atoms with E-state index < -0.39 is 29.2 Å². The van der Waals surface area contributed by atoms with Gasteiger partial charge in [0.25, 0.3) is 0 Å². The number of nitrogens with one attached hydrogen (secondary N) is 1. The number of carbonyl (C=O) groups excluding carboxylic acids is 3. The van der Waals surface area contributed by atoms with Crippen molar-refractivity contribution in [2.75, 3.05) is 13.7 Å². The molecule has 1 N–H and O–H groups in total. The van der Waals surface area contributed by atoms with Gasteiger partial charge in [-0.05, 0) is 69.1 Å². The number of likely N-dealkylation sites (tertiary alicyclic amines) is 1. The molecule has 3 fully saturated rings. The second-order valence-corrected chi connectivity index (χ2v) is 11.3. The number of nitrogens with zero attached hydrogens (tertiary/aromatic N) is 1. The van der Waals surface area contributed by atoms with Crippen molar-refractivity contribution in [1.82, 2.24) is 10.2 Å². The van der Waals surface area contributed by atoms with Crippen molar-refractivity contribution < 1.29 is 23.9 Å². The molecule has 4 rings (SSSR count). The molecule has 0 spiro atoms. The maximum atomic E-state index is 13.9. The third-order valence-corrected chi connectivity index (χ3v) is 7.80. The van der Waals surface area contributed by atoms with Crippen LogP contribution in [-0.4, -0.2) is 54.2 Å². The molecule has 31 heavy (non-hydrogen) atoms. The van der Waals surface area contributed by atoms with E-state index >= 15 is 0 Å². The molecule has 0 aromatic rings. The van der Waals surface area contributed by atoms with Gasteiger partial charge in [-0.25, -0.2) is 9.59 Å². The number of hydrogen-bond donors (Lipinski definition) is 1. The van der Waals surface area contributed by atoms with E-state index in [1.807, 2.05) is 13.8 Å². The SMILES string of the molecule is COC(=O)[C@@H]1[C@@H]2[C@H](CN1C(=O)[C@@H](NC(=O)OC(C)(C)C)C(C)(C)C1CC1)[C@@H]1C=C[C@H]2C1. The zero-order valence-corrected chi connectivity index (χ0v) is 19.5. The summed E-state index contributed by atoms with van der Waals surface area (Å²) in [6.45, 7) is 9.98. The lowest BCUT2D eigenvalue weighted by molar-refractivity contribution is -0.154. The monoisotopic (exact) mass is 432 g/mol. The summed E-state index contributed by atoms with van der Waals surface area (Å²) < 4.78 is 10.6. The first kappa shape index (κ1) is 22.2. The van der Waals surface area contributed by atoms with Crippen LogP contribution in [0.5, 0.6) is 0 Å². The van der Waals surface area contributed by atoms with E-state index in [0.717, 1.165) is 19.3 Å². The maximum absolute atomic E-state index is 13.9. The fourth-order valence-corrected chi connectivity index (χ4v) is 6.09. The van der Waals surface area contributed by atoms with Crippen LogP contribution in [0.15, 0.2) is 12.2 Å². The Bertz CT molecular complexity index is 794. The minimum Gasteiger partial charge on any atom is -0.467 e. The van der Waals surface area contributed by atoms with Crippen LogP contribution in [0.4, 0.5) is 4.79 Å². The highest BCUT2D eigenvalue weighted by atomic mass is 16.6. The quantitative estimate of drug-likeness (QED) is 0.533. The molecule has 1 aliphatic heterocycles. The molecule has 0 aromatic carbocycles. The number of allylic oxidation sites excluding steroid dienone is 2. The molecule has 1 saturated heterocycles. The van der Waals surface area contributed by atoms with E-state index in [2.05, 4.69) is 17.5 Å². The van der Waals surface area contributed by atoms with Crippen LogP contribution in [0, 0.1) is 35.0 Å². The van der Waals surface area contributed by atoms with E-state index in [-0.39, 0.29) is 23.7 Å². The second-order valence-electron chi connectivity index (χ2n) is 11.3. The Balaban J connectivity index is 1.61. The van der Waals surface area contributed by atoms with Gasteiger partial charge >= 0.3 is 12.1 Å². The Kier molecular flexibility index (Phi) is 5.38. The molecule has 7 heteroatoms. The lowest BCUT2D eigenvalue weighted by Crippen LogP contribution is -2.59. The highest BCUT2D eigenvalue weighted by Crippen LogP contribution is 2.55. The topological polar surface area (TPSA) is 84.9 Å². The number of alkyl carbamates (subject to hydrolysis) is 1. The van der Waals surface area contributed by atoms with Gasteiger partial charge in [-0.3, -0.25) is 4.79 Å².